The van der Waals surface area contributed by atoms with Crippen LogP contribution in [0.2, 0.25) is 0 Å². The molecule has 4 N–H and O–H groups in total. The number of nitrogens with one attached hydrogen (secondary N) is 1. The summed E-state index contributed by atoms with van der Waals surface area (Å²) in [6, 6.07) is 3.43. The molecule has 1 aromatic carbocycles. The molecule has 6 heteroatoms. The van der Waals surface area contributed by atoms with E-state index in [1.54, 1.807) is 13.0 Å². The third kappa shape index (κ3) is 3.56. The van der Waals surface area contributed by atoms with Crippen LogP contribution in [0.3, 0.4) is 0 Å². The van der Waals surface area contributed by atoms with Crippen molar-refractivity contribution in [1.82, 2.24) is 4.72 Å². The fraction of sp³-hybridized carbons (Fsp3) is 0.600. The van der Waals surface area contributed by atoms with Crippen LogP contribution < -0.4 is 10.5 Å². The lowest BCUT2D eigenvalue weighted by atomic mass is 9.87. The zero-order chi connectivity index (χ0) is 15.6. The van der Waals surface area contributed by atoms with Crippen molar-refractivity contribution >= 4 is 15.7 Å². The van der Waals surface area contributed by atoms with Gasteiger partial charge in [0.05, 0.1) is 11.8 Å². The SMILES string of the molecule is Cc1ccc(N)c(S(=O)(=O)NCC2CCCCC2O)c1C. The fourth-order valence-electron chi connectivity index (χ4n) is 2.88. The number of sulfonamides is 1. The molecule has 2 atom stereocenters. The van der Waals surface area contributed by atoms with E-state index < -0.39 is 16.1 Å². The van der Waals surface area contributed by atoms with Crippen LogP contribution in [-0.2, 0) is 10.0 Å². The molecule has 1 aliphatic carbocycles. The molecular weight excluding hydrogens is 288 g/mol. The molecule has 1 saturated carbocycles. The zero-order valence-electron chi connectivity index (χ0n) is 12.6. The molecule has 5 nitrogen and oxygen atoms in total. The summed E-state index contributed by atoms with van der Waals surface area (Å²) >= 11 is 0. The molecular formula is C15H24N2O3S. The Bertz CT molecular complexity index is 614. The van der Waals surface area contributed by atoms with E-state index in [0.29, 0.717) is 5.56 Å². The van der Waals surface area contributed by atoms with E-state index in [2.05, 4.69) is 4.72 Å². The van der Waals surface area contributed by atoms with Gasteiger partial charge in [-0.15, -0.1) is 0 Å². The number of nitrogen functional groups attached to an aromatic ring is 1. The molecule has 2 rings (SSSR count). The van der Waals surface area contributed by atoms with Gasteiger partial charge in [-0.2, -0.15) is 0 Å². The van der Waals surface area contributed by atoms with Crippen molar-refractivity contribution in [3.05, 3.63) is 23.3 Å². The smallest absolute Gasteiger partial charge is 0.242 e. The Hall–Kier alpha value is -1.11. The molecule has 0 aromatic heterocycles. The minimum Gasteiger partial charge on any atom is -0.398 e. The van der Waals surface area contributed by atoms with Crippen molar-refractivity contribution in [2.24, 2.45) is 5.92 Å². The summed E-state index contributed by atoms with van der Waals surface area (Å²) in [4.78, 5) is 0.160. The number of anilines is 1. The summed E-state index contributed by atoms with van der Waals surface area (Å²) in [5, 5.41) is 9.93. The number of nitrogens with two attached hydrogens (primary N) is 1. The Morgan fingerprint density at radius 3 is 2.62 bits per heavy atom. The molecule has 0 amide bonds. The monoisotopic (exact) mass is 312 g/mol. The van der Waals surface area contributed by atoms with Crippen molar-refractivity contribution in [1.29, 1.82) is 0 Å². The number of benzene rings is 1. The maximum absolute atomic E-state index is 12.5. The van der Waals surface area contributed by atoms with Crippen LogP contribution >= 0.6 is 0 Å². The number of aliphatic hydroxyl groups excluding tert-OH is 1. The molecule has 1 aliphatic rings. The number of hydrogen-bond donors (Lipinski definition) is 3. The van der Waals surface area contributed by atoms with Gasteiger partial charge in [0.25, 0.3) is 0 Å². The largest absolute Gasteiger partial charge is 0.398 e. The van der Waals surface area contributed by atoms with E-state index in [4.69, 9.17) is 5.73 Å². The van der Waals surface area contributed by atoms with Gasteiger partial charge in [0.2, 0.25) is 10.0 Å². The van der Waals surface area contributed by atoms with Crippen LogP contribution in [0.1, 0.15) is 36.8 Å². The molecule has 2 unspecified atom stereocenters. The molecule has 1 aromatic rings. The van der Waals surface area contributed by atoms with Crippen molar-refractivity contribution in [2.75, 3.05) is 12.3 Å². The number of aliphatic hydroxyl groups is 1. The molecule has 0 bridgehead atoms. The predicted octanol–water partition coefficient (Wildman–Crippen LogP) is 1.72. The van der Waals surface area contributed by atoms with Gasteiger partial charge in [-0.1, -0.05) is 18.9 Å². The number of aryl methyl sites for hydroxylation is 1. The number of rotatable bonds is 4. The molecule has 0 spiro atoms. The average molecular weight is 312 g/mol. The van der Waals surface area contributed by atoms with E-state index in [9.17, 15) is 13.5 Å². The minimum atomic E-state index is -3.65. The van der Waals surface area contributed by atoms with E-state index in [0.717, 1.165) is 31.2 Å². The molecule has 0 saturated heterocycles. The standard InChI is InChI=1S/C15H24N2O3S/c1-10-7-8-13(16)15(11(10)2)21(19,20)17-9-12-5-3-4-6-14(12)18/h7-8,12,14,17-18H,3-6,9,16H2,1-2H3. The van der Waals surface area contributed by atoms with E-state index in [1.807, 2.05) is 13.0 Å². The Balaban J connectivity index is 2.17. The Labute approximate surface area is 126 Å². The van der Waals surface area contributed by atoms with Crippen molar-refractivity contribution < 1.29 is 13.5 Å². The first-order valence-corrected chi connectivity index (χ1v) is 8.84. The Morgan fingerprint density at radius 1 is 1.29 bits per heavy atom. The quantitative estimate of drug-likeness (QED) is 0.738. The summed E-state index contributed by atoms with van der Waals surface area (Å²) < 4.78 is 27.6. The summed E-state index contributed by atoms with van der Waals surface area (Å²) in [6.45, 7) is 3.88. The van der Waals surface area contributed by atoms with E-state index in [1.165, 1.54) is 0 Å². The van der Waals surface area contributed by atoms with Crippen LogP contribution in [0.25, 0.3) is 0 Å². The van der Waals surface area contributed by atoms with Gasteiger partial charge in [0.15, 0.2) is 0 Å². The lowest BCUT2D eigenvalue weighted by Gasteiger charge is -2.27. The lowest BCUT2D eigenvalue weighted by molar-refractivity contribution is 0.0724. The maximum atomic E-state index is 12.5. The van der Waals surface area contributed by atoms with Crippen LogP contribution in [0, 0.1) is 19.8 Å². The summed E-state index contributed by atoms with van der Waals surface area (Å²) in [6.07, 6.45) is 3.23. The number of hydrogen-bond acceptors (Lipinski definition) is 4. The highest BCUT2D eigenvalue weighted by molar-refractivity contribution is 7.89. The normalized spacial score (nSPS) is 23.2. The van der Waals surface area contributed by atoms with Crippen LogP contribution in [0.5, 0.6) is 0 Å². The van der Waals surface area contributed by atoms with Gasteiger partial charge < -0.3 is 10.8 Å². The summed E-state index contributed by atoms with van der Waals surface area (Å²) in [5.74, 6) is -0.0140. The van der Waals surface area contributed by atoms with Gasteiger partial charge in [-0.3, -0.25) is 0 Å². The summed E-state index contributed by atoms with van der Waals surface area (Å²) in [5.41, 5.74) is 7.67. The highest BCUT2D eigenvalue weighted by atomic mass is 32.2. The van der Waals surface area contributed by atoms with Crippen molar-refractivity contribution in [2.45, 2.75) is 50.5 Å². The van der Waals surface area contributed by atoms with Crippen LogP contribution in [0.4, 0.5) is 5.69 Å². The first-order chi connectivity index (χ1) is 9.83. The molecule has 0 aliphatic heterocycles. The van der Waals surface area contributed by atoms with E-state index in [-0.39, 0.29) is 23.0 Å². The first kappa shape index (κ1) is 16.3. The fourth-order valence-corrected chi connectivity index (χ4v) is 4.40. The highest BCUT2D eigenvalue weighted by Crippen LogP contribution is 2.27. The average Bonchev–Trinajstić information content (AvgIpc) is 2.42. The highest BCUT2D eigenvalue weighted by Gasteiger charge is 2.27. The third-order valence-electron chi connectivity index (χ3n) is 4.38. The van der Waals surface area contributed by atoms with Gasteiger partial charge in [0.1, 0.15) is 4.90 Å². The second-order valence-corrected chi connectivity index (χ2v) is 7.59. The van der Waals surface area contributed by atoms with Crippen LogP contribution in [0.15, 0.2) is 17.0 Å². The van der Waals surface area contributed by atoms with E-state index >= 15 is 0 Å². The predicted molar refractivity (Wildman–Crippen MR) is 83.5 cm³/mol. The second-order valence-electron chi connectivity index (χ2n) is 5.89. The van der Waals surface area contributed by atoms with Crippen molar-refractivity contribution in [3.8, 4) is 0 Å². The third-order valence-corrected chi connectivity index (χ3v) is 6.01. The molecule has 21 heavy (non-hydrogen) atoms. The van der Waals surface area contributed by atoms with Crippen molar-refractivity contribution in [3.63, 3.8) is 0 Å². The van der Waals surface area contributed by atoms with Gasteiger partial charge in [-0.25, -0.2) is 13.1 Å². The molecule has 118 valence electrons. The van der Waals surface area contributed by atoms with Crippen LogP contribution in [-0.4, -0.2) is 26.2 Å². The molecule has 0 heterocycles. The minimum absolute atomic E-state index is 0.0140. The second kappa shape index (κ2) is 6.34. The molecule has 0 radical (unpaired) electrons. The van der Waals surface area contributed by atoms with Gasteiger partial charge >= 0.3 is 0 Å². The Kier molecular flexibility index (Phi) is 4.91. The molecule has 1 fully saturated rings. The lowest BCUT2D eigenvalue weighted by Crippen LogP contribution is -2.37. The first-order valence-electron chi connectivity index (χ1n) is 7.36. The summed E-state index contributed by atoms with van der Waals surface area (Å²) in [7, 11) is -3.65. The maximum Gasteiger partial charge on any atom is 0.242 e. The van der Waals surface area contributed by atoms with Gasteiger partial charge in [-0.05, 0) is 49.8 Å². The Morgan fingerprint density at radius 2 is 1.95 bits per heavy atom. The zero-order valence-corrected chi connectivity index (χ0v) is 13.4. The van der Waals surface area contributed by atoms with Gasteiger partial charge in [0, 0.05) is 6.54 Å². The topological polar surface area (TPSA) is 92.4 Å².